The predicted molar refractivity (Wildman–Crippen MR) is 146 cm³/mol. The Balaban J connectivity index is 1.72. The lowest BCUT2D eigenvalue weighted by atomic mass is 9.62. The van der Waals surface area contributed by atoms with E-state index in [9.17, 15) is 10.2 Å². The van der Waals surface area contributed by atoms with Gasteiger partial charge in [-0.1, -0.05) is 81.8 Å². The average molecular weight is 482 g/mol. The van der Waals surface area contributed by atoms with Gasteiger partial charge in [-0.3, -0.25) is 0 Å². The van der Waals surface area contributed by atoms with Crippen molar-refractivity contribution in [2.45, 2.75) is 98.7 Å². The minimum Gasteiger partial charge on any atom is -0.396 e. The molecular formula is C31H47NO3. The van der Waals surface area contributed by atoms with Crippen LogP contribution in [0.1, 0.15) is 86.5 Å². The second kappa shape index (κ2) is 11.4. The van der Waals surface area contributed by atoms with Crippen LogP contribution in [0.3, 0.4) is 0 Å². The quantitative estimate of drug-likeness (QED) is 0.232. The molecule has 5 atom stereocenters. The molecule has 0 radical (unpaired) electrons. The van der Waals surface area contributed by atoms with E-state index in [1.54, 1.807) is 5.57 Å². The van der Waals surface area contributed by atoms with Crippen molar-refractivity contribution in [3.8, 4) is 0 Å². The molecule has 4 nitrogen and oxygen atoms in total. The summed E-state index contributed by atoms with van der Waals surface area (Å²) in [4.78, 5) is 5.34. The van der Waals surface area contributed by atoms with Crippen LogP contribution in [0.5, 0.6) is 0 Å². The number of rotatable bonds is 7. The number of allylic oxidation sites excluding steroid dienone is 7. The Kier molecular flexibility index (Phi) is 9.04. The van der Waals surface area contributed by atoms with Crippen LogP contribution in [0.4, 0.5) is 0 Å². The summed E-state index contributed by atoms with van der Waals surface area (Å²) < 4.78 is 0. The number of fused-ring (bicyclic) bond motifs is 1. The van der Waals surface area contributed by atoms with E-state index in [-0.39, 0.29) is 10.8 Å². The third-order valence-electron chi connectivity index (χ3n) is 8.23. The number of aliphatic hydroxyl groups is 2. The highest BCUT2D eigenvalue weighted by molar-refractivity contribution is 5.98. The van der Waals surface area contributed by atoms with Crippen molar-refractivity contribution >= 4 is 5.71 Å². The Bertz CT molecular complexity index is 929. The summed E-state index contributed by atoms with van der Waals surface area (Å²) in [5.41, 5.74) is 5.98. The minimum atomic E-state index is -0.633. The Hall–Kier alpha value is -1.91. The smallest absolute Gasteiger partial charge is 0.114 e. The lowest BCUT2D eigenvalue weighted by Gasteiger charge is -2.42. The van der Waals surface area contributed by atoms with Crippen molar-refractivity contribution in [2.24, 2.45) is 27.8 Å². The second-order valence-electron chi connectivity index (χ2n) is 12.0. The third-order valence-corrected chi connectivity index (χ3v) is 8.23. The van der Waals surface area contributed by atoms with Gasteiger partial charge in [0, 0.05) is 11.8 Å². The number of oxime groups is 1. The molecule has 4 heteroatoms. The molecule has 0 aromatic carbocycles. The molecule has 194 valence electrons. The Morgan fingerprint density at radius 2 is 2.06 bits per heavy atom. The van der Waals surface area contributed by atoms with Crippen molar-refractivity contribution in [1.82, 2.24) is 0 Å². The van der Waals surface area contributed by atoms with E-state index in [4.69, 9.17) is 4.84 Å². The highest BCUT2D eigenvalue weighted by Crippen LogP contribution is 2.57. The fourth-order valence-electron chi connectivity index (χ4n) is 6.14. The van der Waals surface area contributed by atoms with Gasteiger partial charge in [0.15, 0.2) is 0 Å². The molecule has 0 aromatic heterocycles. The van der Waals surface area contributed by atoms with Gasteiger partial charge in [-0.15, -0.1) is 0 Å². The van der Waals surface area contributed by atoms with E-state index in [1.807, 2.05) is 6.92 Å². The van der Waals surface area contributed by atoms with Crippen LogP contribution in [0.15, 0.2) is 64.4 Å². The van der Waals surface area contributed by atoms with Crippen molar-refractivity contribution in [3.63, 3.8) is 0 Å². The zero-order valence-corrected chi connectivity index (χ0v) is 22.8. The predicted octanol–water partition coefficient (Wildman–Crippen LogP) is 7.07. The van der Waals surface area contributed by atoms with Crippen LogP contribution in [0, 0.1) is 22.7 Å². The minimum absolute atomic E-state index is 0.0497. The van der Waals surface area contributed by atoms with E-state index in [0.717, 1.165) is 36.1 Å². The zero-order chi connectivity index (χ0) is 25.8. The summed E-state index contributed by atoms with van der Waals surface area (Å²) in [6.45, 7) is 17.9. The van der Waals surface area contributed by atoms with E-state index in [0.29, 0.717) is 31.3 Å². The summed E-state index contributed by atoms with van der Waals surface area (Å²) in [6, 6.07) is 0. The van der Waals surface area contributed by atoms with Gasteiger partial charge in [-0.2, -0.15) is 0 Å². The highest BCUT2D eigenvalue weighted by Gasteiger charge is 2.45. The van der Waals surface area contributed by atoms with Crippen LogP contribution in [0.2, 0.25) is 0 Å². The molecule has 0 aromatic rings. The fraction of sp³-hybridized carbons (Fsp3) is 0.645. The van der Waals surface area contributed by atoms with Gasteiger partial charge < -0.3 is 15.1 Å². The lowest BCUT2D eigenvalue weighted by molar-refractivity contribution is 0.0862. The van der Waals surface area contributed by atoms with E-state index >= 15 is 0 Å². The molecule has 0 unspecified atom stereocenters. The number of aliphatic hydroxyl groups excluding tert-OH is 2. The van der Waals surface area contributed by atoms with Gasteiger partial charge in [-0.05, 0) is 79.9 Å². The zero-order valence-electron chi connectivity index (χ0n) is 22.8. The summed E-state index contributed by atoms with van der Waals surface area (Å²) in [6.07, 6.45) is 16.8. The summed E-state index contributed by atoms with van der Waals surface area (Å²) >= 11 is 0. The van der Waals surface area contributed by atoms with E-state index in [2.05, 4.69) is 76.7 Å². The van der Waals surface area contributed by atoms with Crippen LogP contribution in [-0.2, 0) is 4.84 Å². The number of hydrogen-bond acceptors (Lipinski definition) is 4. The third kappa shape index (κ3) is 6.46. The Morgan fingerprint density at radius 1 is 1.31 bits per heavy atom. The van der Waals surface area contributed by atoms with Gasteiger partial charge in [-0.25, -0.2) is 0 Å². The van der Waals surface area contributed by atoms with Crippen molar-refractivity contribution < 1.29 is 15.1 Å². The first-order valence-corrected chi connectivity index (χ1v) is 13.5. The van der Waals surface area contributed by atoms with Gasteiger partial charge in [0.25, 0.3) is 0 Å². The van der Waals surface area contributed by atoms with Crippen molar-refractivity contribution in [3.05, 3.63) is 59.3 Å². The molecule has 3 aliphatic rings. The lowest BCUT2D eigenvalue weighted by Crippen LogP contribution is -2.32. The summed E-state index contributed by atoms with van der Waals surface area (Å²) in [5.74, 6) is 1.02. The monoisotopic (exact) mass is 481 g/mol. The second-order valence-corrected chi connectivity index (χ2v) is 12.0. The van der Waals surface area contributed by atoms with Crippen LogP contribution >= 0.6 is 0 Å². The molecule has 2 fully saturated rings. The van der Waals surface area contributed by atoms with Gasteiger partial charge >= 0.3 is 0 Å². The maximum absolute atomic E-state index is 10.2. The molecule has 0 heterocycles. The molecule has 3 aliphatic carbocycles. The molecule has 3 rings (SSSR count). The number of nitrogens with zero attached hydrogens (tertiary/aromatic N) is 1. The maximum Gasteiger partial charge on any atom is 0.114 e. The maximum atomic E-state index is 10.2. The Labute approximate surface area is 213 Å². The van der Waals surface area contributed by atoms with Crippen molar-refractivity contribution in [1.29, 1.82) is 0 Å². The van der Waals surface area contributed by atoms with Crippen LogP contribution in [-0.4, -0.2) is 34.7 Å². The SMILES string of the molecule is C=C1C(=CC=C2CCC[C@]3(C)C([C@H](C)CC=CC(=NOCC)C(C)(C)C)=CC[C@@H]23)C[C@@H](O)C[C@@H]1O. The fourth-order valence-corrected chi connectivity index (χ4v) is 6.14. The summed E-state index contributed by atoms with van der Waals surface area (Å²) in [5, 5.41) is 24.6. The molecule has 0 amide bonds. The number of hydrogen-bond donors (Lipinski definition) is 2. The van der Waals surface area contributed by atoms with E-state index in [1.165, 1.54) is 18.4 Å². The molecular weight excluding hydrogens is 434 g/mol. The van der Waals surface area contributed by atoms with Crippen LogP contribution < -0.4 is 0 Å². The molecule has 2 N–H and O–H groups in total. The van der Waals surface area contributed by atoms with Gasteiger partial charge in [0.2, 0.25) is 0 Å². The van der Waals surface area contributed by atoms with Gasteiger partial charge in [0.05, 0.1) is 17.9 Å². The standard InChI is InChI=1S/C31H47NO3/c1-8-35-32-29(30(4,5)6)13-9-11-21(2)26-16-17-27-23(12-10-18-31(26,27)7)14-15-24-19-25(33)20-28(34)22(24)3/h9,13-16,21,25,27-28,33-34H,3,8,10-12,17-20H2,1-2,4-7H3/t21-,25-,27+,28+,31-/m1/s1. The summed E-state index contributed by atoms with van der Waals surface area (Å²) in [7, 11) is 0. The van der Waals surface area contributed by atoms with E-state index < -0.39 is 12.2 Å². The first kappa shape index (κ1) is 27.7. The highest BCUT2D eigenvalue weighted by atomic mass is 16.6. The topological polar surface area (TPSA) is 62.0 Å². The molecule has 0 bridgehead atoms. The normalized spacial score (nSPS) is 33.4. The van der Waals surface area contributed by atoms with Crippen LogP contribution in [0.25, 0.3) is 0 Å². The molecule has 2 saturated carbocycles. The van der Waals surface area contributed by atoms with Gasteiger partial charge in [0.1, 0.15) is 6.61 Å². The molecule has 0 saturated heterocycles. The first-order valence-electron chi connectivity index (χ1n) is 13.5. The average Bonchev–Trinajstić information content (AvgIpc) is 3.14. The molecule has 0 aliphatic heterocycles. The molecule has 35 heavy (non-hydrogen) atoms. The largest absolute Gasteiger partial charge is 0.396 e. The van der Waals surface area contributed by atoms with Crippen molar-refractivity contribution in [2.75, 3.05) is 6.61 Å². The Morgan fingerprint density at radius 3 is 2.74 bits per heavy atom. The molecule has 0 spiro atoms. The first-order chi connectivity index (χ1) is 16.5.